The average molecular weight is 324 g/mol. The van der Waals surface area contributed by atoms with E-state index in [9.17, 15) is 9.59 Å². The van der Waals surface area contributed by atoms with Crippen LogP contribution in [-0.2, 0) is 4.79 Å². The van der Waals surface area contributed by atoms with Crippen LogP contribution in [0.3, 0.4) is 0 Å². The number of aromatic nitrogens is 2. The third-order valence-corrected chi connectivity index (χ3v) is 4.47. The molecule has 1 fully saturated rings. The number of hydrogen-bond acceptors (Lipinski definition) is 4. The highest BCUT2D eigenvalue weighted by Gasteiger charge is 2.38. The molecule has 2 aromatic rings. The van der Waals surface area contributed by atoms with Crippen LogP contribution in [0, 0.1) is 12.8 Å². The van der Waals surface area contributed by atoms with Gasteiger partial charge in [0, 0.05) is 44.5 Å². The minimum atomic E-state index is -0.208. The number of hydrogen-bond donors (Lipinski definition) is 1. The van der Waals surface area contributed by atoms with E-state index in [-0.39, 0.29) is 23.8 Å². The van der Waals surface area contributed by atoms with Crippen molar-refractivity contribution in [3.05, 3.63) is 59.7 Å². The molecule has 2 atom stereocenters. The van der Waals surface area contributed by atoms with E-state index < -0.39 is 0 Å². The van der Waals surface area contributed by atoms with Gasteiger partial charge in [0.05, 0.1) is 6.04 Å². The van der Waals surface area contributed by atoms with Crippen LogP contribution in [0.25, 0.3) is 0 Å². The number of nitrogens with zero attached hydrogens (tertiary/aromatic N) is 3. The standard InChI is InChI=1S/C18H20N4O2/c1-12-5-3-8-20-16(12)18(24)21-11-14-9-15(23)22(2)17(14)13-6-4-7-19-10-13/h3-8,10,14,17H,9,11H2,1-2H3,(H,21,24)/t14-,17-/m0/s1. The van der Waals surface area contributed by atoms with Crippen molar-refractivity contribution in [1.82, 2.24) is 20.2 Å². The molecule has 0 aliphatic carbocycles. The molecule has 0 bridgehead atoms. The molecular formula is C18H20N4O2. The summed E-state index contributed by atoms with van der Waals surface area (Å²) < 4.78 is 0. The van der Waals surface area contributed by atoms with Crippen LogP contribution >= 0.6 is 0 Å². The summed E-state index contributed by atoms with van der Waals surface area (Å²) >= 11 is 0. The first-order valence-electron chi connectivity index (χ1n) is 7.93. The fourth-order valence-electron chi connectivity index (χ4n) is 3.21. The molecule has 1 N–H and O–H groups in total. The number of amides is 2. The maximum Gasteiger partial charge on any atom is 0.270 e. The average Bonchev–Trinajstić information content (AvgIpc) is 2.88. The summed E-state index contributed by atoms with van der Waals surface area (Å²) in [6.45, 7) is 2.28. The molecule has 1 aliphatic rings. The largest absolute Gasteiger partial charge is 0.350 e. The molecule has 3 rings (SSSR count). The fraction of sp³-hybridized carbons (Fsp3) is 0.333. The van der Waals surface area contributed by atoms with E-state index in [0.29, 0.717) is 18.7 Å². The van der Waals surface area contributed by atoms with Crippen LogP contribution < -0.4 is 5.32 Å². The zero-order valence-electron chi connectivity index (χ0n) is 13.8. The number of nitrogens with one attached hydrogen (secondary N) is 1. The van der Waals surface area contributed by atoms with Crippen molar-refractivity contribution in [2.45, 2.75) is 19.4 Å². The Kier molecular flexibility index (Phi) is 4.55. The van der Waals surface area contributed by atoms with E-state index in [1.807, 2.05) is 25.1 Å². The third kappa shape index (κ3) is 3.13. The molecule has 0 spiro atoms. The van der Waals surface area contributed by atoms with Gasteiger partial charge in [-0.05, 0) is 30.2 Å². The van der Waals surface area contributed by atoms with Crippen LogP contribution in [0.2, 0.25) is 0 Å². The highest BCUT2D eigenvalue weighted by Crippen LogP contribution is 2.36. The Morgan fingerprint density at radius 3 is 2.83 bits per heavy atom. The van der Waals surface area contributed by atoms with Crippen molar-refractivity contribution < 1.29 is 9.59 Å². The summed E-state index contributed by atoms with van der Waals surface area (Å²) in [6.07, 6.45) is 5.50. The molecule has 124 valence electrons. The predicted octanol–water partition coefficient (Wildman–Crippen LogP) is 1.73. The van der Waals surface area contributed by atoms with Crippen molar-refractivity contribution in [2.75, 3.05) is 13.6 Å². The number of rotatable bonds is 4. The number of aryl methyl sites for hydroxylation is 1. The molecule has 0 unspecified atom stereocenters. The Morgan fingerprint density at radius 2 is 2.12 bits per heavy atom. The van der Waals surface area contributed by atoms with E-state index in [1.54, 1.807) is 36.6 Å². The van der Waals surface area contributed by atoms with Crippen molar-refractivity contribution in [3.63, 3.8) is 0 Å². The van der Waals surface area contributed by atoms with Gasteiger partial charge in [-0.25, -0.2) is 0 Å². The van der Waals surface area contributed by atoms with Crippen molar-refractivity contribution in [1.29, 1.82) is 0 Å². The van der Waals surface area contributed by atoms with Gasteiger partial charge in [0.15, 0.2) is 0 Å². The lowest BCUT2D eigenvalue weighted by Crippen LogP contribution is -2.33. The zero-order chi connectivity index (χ0) is 17.1. The second-order valence-electron chi connectivity index (χ2n) is 6.08. The molecule has 1 saturated heterocycles. The SMILES string of the molecule is Cc1cccnc1C(=O)NC[C@@H]1CC(=O)N(C)[C@H]1c1cccnc1. The molecule has 24 heavy (non-hydrogen) atoms. The summed E-state index contributed by atoms with van der Waals surface area (Å²) in [5.74, 6) is -0.114. The van der Waals surface area contributed by atoms with E-state index in [0.717, 1.165) is 11.1 Å². The number of carbonyl (C=O) groups is 2. The predicted molar refractivity (Wildman–Crippen MR) is 89.2 cm³/mol. The highest BCUT2D eigenvalue weighted by molar-refractivity contribution is 5.93. The van der Waals surface area contributed by atoms with Gasteiger partial charge in [-0.3, -0.25) is 19.6 Å². The fourth-order valence-corrected chi connectivity index (χ4v) is 3.21. The number of pyridine rings is 2. The first-order chi connectivity index (χ1) is 11.6. The lowest BCUT2D eigenvalue weighted by molar-refractivity contribution is -0.127. The summed E-state index contributed by atoms with van der Waals surface area (Å²) in [5, 5.41) is 2.92. The maximum absolute atomic E-state index is 12.3. The van der Waals surface area contributed by atoms with Crippen molar-refractivity contribution >= 4 is 11.8 Å². The first kappa shape index (κ1) is 16.1. The van der Waals surface area contributed by atoms with Gasteiger partial charge in [-0.1, -0.05) is 12.1 Å². The van der Waals surface area contributed by atoms with Crippen LogP contribution in [0.15, 0.2) is 42.9 Å². The quantitative estimate of drug-likeness (QED) is 0.929. The van der Waals surface area contributed by atoms with Gasteiger partial charge in [-0.15, -0.1) is 0 Å². The molecular weight excluding hydrogens is 304 g/mol. The molecule has 0 saturated carbocycles. The van der Waals surface area contributed by atoms with E-state index in [1.165, 1.54) is 0 Å². The van der Waals surface area contributed by atoms with Gasteiger partial charge in [0.1, 0.15) is 5.69 Å². The van der Waals surface area contributed by atoms with Gasteiger partial charge in [0.2, 0.25) is 5.91 Å². The molecule has 1 aliphatic heterocycles. The minimum absolute atomic E-state index is 0.0136. The third-order valence-electron chi connectivity index (χ3n) is 4.47. The van der Waals surface area contributed by atoms with Gasteiger partial charge in [0.25, 0.3) is 5.91 Å². The summed E-state index contributed by atoms with van der Waals surface area (Å²) in [7, 11) is 1.80. The van der Waals surface area contributed by atoms with Gasteiger partial charge >= 0.3 is 0 Å². The first-order valence-corrected chi connectivity index (χ1v) is 7.93. The van der Waals surface area contributed by atoms with Crippen LogP contribution in [-0.4, -0.2) is 40.3 Å². The number of carbonyl (C=O) groups excluding carboxylic acids is 2. The Morgan fingerprint density at radius 1 is 1.33 bits per heavy atom. The monoisotopic (exact) mass is 324 g/mol. The van der Waals surface area contributed by atoms with Crippen molar-refractivity contribution in [2.24, 2.45) is 5.92 Å². The Balaban J connectivity index is 1.73. The molecule has 2 aromatic heterocycles. The summed E-state index contributed by atoms with van der Waals surface area (Å²) in [6, 6.07) is 7.41. The second kappa shape index (κ2) is 6.78. The second-order valence-corrected chi connectivity index (χ2v) is 6.08. The minimum Gasteiger partial charge on any atom is -0.350 e. The smallest absolute Gasteiger partial charge is 0.270 e. The van der Waals surface area contributed by atoms with Crippen LogP contribution in [0.1, 0.15) is 34.1 Å². The molecule has 2 amide bonds. The molecule has 0 aromatic carbocycles. The summed E-state index contributed by atoms with van der Waals surface area (Å²) in [4.78, 5) is 34.5. The normalized spacial score (nSPS) is 20.2. The summed E-state index contributed by atoms with van der Waals surface area (Å²) in [5.41, 5.74) is 2.24. The van der Waals surface area contributed by atoms with E-state index in [2.05, 4.69) is 15.3 Å². The van der Waals surface area contributed by atoms with E-state index >= 15 is 0 Å². The Bertz CT molecular complexity index is 748. The lowest BCUT2D eigenvalue weighted by Gasteiger charge is -2.25. The van der Waals surface area contributed by atoms with E-state index in [4.69, 9.17) is 0 Å². The van der Waals surface area contributed by atoms with Crippen LogP contribution in [0.5, 0.6) is 0 Å². The molecule has 3 heterocycles. The van der Waals surface area contributed by atoms with Gasteiger partial charge < -0.3 is 10.2 Å². The Hall–Kier alpha value is -2.76. The lowest BCUT2D eigenvalue weighted by atomic mass is 9.94. The Labute approximate surface area is 140 Å². The van der Waals surface area contributed by atoms with Crippen molar-refractivity contribution in [3.8, 4) is 0 Å². The number of likely N-dealkylation sites (tertiary alicyclic amines) is 1. The molecule has 6 nitrogen and oxygen atoms in total. The van der Waals surface area contributed by atoms with Gasteiger partial charge in [-0.2, -0.15) is 0 Å². The highest BCUT2D eigenvalue weighted by atomic mass is 16.2. The van der Waals surface area contributed by atoms with Crippen LogP contribution in [0.4, 0.5) is 0 Å². The maximum atomic E-state index is 12.3. The topological polar surface area (TPSA) is 75.2 Å². The zero-order valence-corrected chi connectivity index (χ0v) is 13.8. The molecule has 0 radical (unpaired) electrons. The molecule has 6 heteroatoms.